The third kappa shape index (κ3) is 29.3. The molecule has 0 spiro atoms. The summed E-state index contributed by atoms with van der Waals surface area (Å²) in [5, 5.41) is 50.2. The highest BCUT2D eigenvalue weighted by molar-refractivity contribution is 7.47. The summed E-state index contributed by atoms with van der Waals surface area (Å²) in [6.07, 6.45) is 31.7. The van der Waals surface area contributed by atoms with Crippen molar-refractivity contribution in [1.82, 2.24) is 0 Å². The average molecular weight is 859 g/mol. The molecule has 344 valence electrons. The van der Waals surface area contributed by atoms with Gasteiger partial charge in [-0.2, -0.15) is 0 Å². The zero-order valence-corrected chi connectivity index (χ0v) is 37.4. The molecule has 6 unspecified atom stereocenters. The number of phosphoric ester groups is 1. The predicted octanol–water partition coefficient (Wildman–Crippen LogP) is 9.25. The molecule has 6 atom stereocenters. The Kier molecular flexibility index (Phi) is 34.6. The fourth-order valence-electron chi connectivity index (χ4n) is 6.71. The number of phosphoric acid groups is 1. The normalized spacial score (nSPS) is 22.9. The fraction of sp³-hybridized carbons (Fsp3) is 0.804. The summed E-state index contributed by atoms with van der Waals surface area (Å²) in [5.41, 5.74) is 0. The molecule has 0 aromatic rings. The third-order valence-corrected chi connectivity index (χ3v) is 11.4. The molecule has 59 heavy (non-hydrogen) atoms. The lowest BCUT2D eigenvalue weighted by Gasteiger charge is -2.41. The molecule has 12 nitrogen and oxygen atoms in total. The first-order valence-corrected chi connectivity index (χ1v) is 24.5. The average Bonchev–Trinajstić information content (AvgIpc) is 3.22. The molecule has 0 aliphatic heterocycles. The van der Waals surface area contributed by atoms with Crippen LogP contribution in [0.15, 0.2) is 48.6 Å². The van der Waals surface area contributed by atoms with Crippen molar-refractivity contribution >= 4 is 13.8 Å². The van der Waals surface area contributed by atoms with Crippen molar-refractivity contribution in [2.45, 2.75) is 217 Å². The van der Waals surface area contributed by atoms with Crippen LogP contribution in [-0.2, 0) is 27.9 Å². The van der Waals surface area contributed by atoms with E-state index in [1.165, 1.54) is 57.8 Å². The van der Waals surface area contributed by atoms with Crippen LogP contribution in [0.2, 0.25) is 0 Å². The largest absolute Gasteiger partial charge is 0.472 e. The van der Waals surface area contributed by atoms with Crippen LogP contribution in [0.25, 0.3) is 0 Å². The standard InChI is InChI=1S/C46H83O12P/c1-3-5-7-9-11-13-15-17-19-20-22-24-26-28-30-32-34-36-55-37-39(38-56-59(53,54)58-46-44(51)42(49)41(48)43(50)45(46)52)57-40(47)35-33-31-29-27-25-23-21-18-16-14-12-10-8-6-4-2/h12-15,18-21,39,41-46,48-52H,3-11,16-17,22-38H2,1-2H3,(H,53,54)/b14-12-,15-13-,20-19-,21-18-. The minimum atomic E-state index is -5.02. The van der Waals surface area contributed by atoms with Gasteiger partial charge >= 0.3 is 13.8 Å². The molecule has 1 aliphatic carbocycles. The van der Waals surface area contributed by atoms with Crippen LogP contribution >= 0.6 is 7.82 Å². The first-order chi connectivity index (χ1) is 28.5. The van der Waals surface area contributed by atoms with Gasteiger partial charge < -0.3 is 39.9 Å². The number of aliphatic hydroxyl groups excluding tert-OH is 5. The van der Waals surface area contributed by atoms with Gasteiger partial charge in [0.05, 0.1) is 13.2 Å². The number of aliphatic hydroxyl groups is 5. The highest BCUT2D eigenvalue weighted by atomic mass is 31.2. The van der Waals surface area contributed by atoms with Gasteiger partial charge in [-0.1, -0.05) is 140 Å². The lowest BCUT2D eigenvalue weighted by Crippen LogP contribution is -2.64. The highest BCUT2D eigenvalue weighted by Crippen LogP contribution is 2.47. The predicted molar refractivity (Wildman–Crippen MR) is 235 cm³/mol. The number of rotatable bonds is 38. The van der Waals surface area contributed by atoms with Gasteiger partial charge in [-0.3, -0.25) is 13.8 Å². The Balaban J connectivity index is 2.42. The van der Waals surface area contributed by atoms with Gasteiger partial charge in [-0.15, -0.1) is 0 Å². The van der Waals surface area contributed by atoms with E-state index in [1.807, 2.05) is 0 Å². The van der Waals surface area contributed by atoms with E-state index in [2.05, 4.69) is 62.5 Å². The van der Waals surface area contributed by atoms with Gasteiger partial charge in [-0.25, -0.2) is 4.57 Å². The molecule has 0 heterocycles. The number of unbranched alkanes of at least 4 members (excludes halogenated alkanes) is 18. The van der Waals surface area contributed by atoms with Crippen LogP contribution < -0.4 is 0 Å². The Labute approximate surface area is 356 Å². The van der Waals surface area contributed by atoms with E-state index in [-0.39, 0.29) is 13.0 Å². The lowest BCUT2D eigenvalue weighted by atomic mass is 9.85. The summed E-state index contributed by atoms with van der Waals surface area (Å²) in [4.78, 5) is 23.1. The fourth-order valence-corrected chi connectivity index (χ4v) is 7.68. The van der Waals surface area contributed by atoms with Gasteiger partial charge in [0.1, 0.15) is 42.7 Å². The number of hydrogen-bond acceptors (Lipinski definition) is 11. The van der Waals surface area contributed by atoms with E-state index in [1.54, 1.807) is 0 Å². The van der Waals surface area contributed by atoms with Crippen molar-refractivity contribution in [2.24, 2.45) is 0 Å². The zero-order chi connectivity index (χ0) is 43.4. The van der Waals surface area contributed by atoms with Gasteiger partial charge in [0.2, 0.25) is 0 Å². The lowest BCUT2D eigenvalue weighted by molar-refractivity contribution is -0.220. The quantitative estimate of drug-likeness (QED) is 0.0150. The number of carbonyl (C=O) groups excluding carboxylic acids is 1. The van der Waals surface area contributed by atoms with Crippen molar-refractivity contribution < 1.29 is 58.3 Å². The maximum Gasteiger partial charge on any atom is 0.472 e. The first kappa shape index (κ1) is 55.3. The van der Waals surface area contributed by atoms with E-state index in [0.29, 0.717) is 13.0 Å². The zero-order valence-electron chi connectivity index (χ0n) is 36.5. The molecule has 0 radical (unpaired) electrons. The molecule has 6 N–H and O–H groups in total. The number of esters is 1. The third-order valence-electron chi connectivity index (χ3n) is 10.4. The second-order valence-electron chi connectivity index (χ2n) is 15.9. The summed E-state index contributed by atoms with van der Waals surface area (Å²) >= 11 is 0. The molecule has 1 rings (SSSR count). The van der Waals surface area contributed by atoms with Crippen LogP contribution in [-0.4, -0.2) is 98.9 Å². The molecule has 1 aliphatic rings. The van der Waals surface area contributed by atoms with Crippen molar-refractivity contribution in [1.29, 1.82) is 0 Å². The Bertz CT molecular complexity index is 1160. The second-order valence-corrected chi connectivity index (χ2v) is 17.3. The van der Waals surface area contributed by atoms with Crippen molar-refractivity contribution in [3.05, 3.63) is 48.6 Å². The van der Waals surface area contributed by atoms with Gasteiger partial charge in [-0.05, 0) is 77.0 Å². The smallest absolute Gasteiger partial charge is 0.457 e. The summed E-state index contributed by atoms with van der Waals surface area (Å²) in [7, 11) is -5.02. The van der Waals surface area contributed by atoms with Gasteiger partial charge in [0.15, 0.2) is 0 Å². The van der Waals surface area contributed by atoms with Crippen LogP contribution in [0.5, 0.6) is 0 Å². The topological polar surface area (TPSA) is 192 Å². The molecule has 0 saturated heterocycles. The Morgan fingerprint density at radius 3 is 1.46 bits per heavy atom. The van der Waals surface area contributed by atoms with Crippen LogP contribution in [0.3, 0.4) is 0 Å². The minimum absolute atomic E-state index is 0.0907. The number of allylic oxidation sites excluding steroid dienone is 8. The van der Waals surface area contributed by atoms with E-state index in [0.717, 1.165) is 89.9 Å². The number of ether oxygens (including phenoxy) is 2. The molecular weight excluding hydrogens is 775 g/mol. The monoisotopic (exact) mass is 859 g/mol. The molecule has 0 aromatic carbocycles. The molecule has 0 amide bonds. The van der Waals surface area contributed by atoms with Crippen LogP contribution in [0.4, 0.5) is 0 Å². The minimum Gasteiger partial charge on any atom is -0.457 e. The summed E-state index contributed by atoms with van der Waals surface area (Å²) in [6, 6.07) is 0. The van der Waals surface area contributed by atoms with E-state index >= 15 is 0 Å². The SMILES string of the molecule is CCCCC/C=C\C/C=C\CCCCCCCC(=O)OC(COCCCCCCCC/C=C\C/C=C\CCCCCC)COP(=O)(O)OC1C(O)C(O)C(O)C(O)C1O. The van der Waals surface area contributed by atoms with E-state index in [9.17, 15) is 39.8 Å². The Morgan fingerprint density at radius 2 is 0.949 bits per heavy atom. The molecule has 13 heteroatoms. The van der Waals surface area contributed by atoms with E-state index in [4.69, 9.17) is 18.5 Å². The Morgan fingerprint density at radius 1 is 0.542 bits per heavy atom. The summed E-state index contributed by atoms with van der Waals surface area (Å²) < 4.78 is 34.1. The maximum atomic E-state index is 12.8. The summed E-state index contributed by atoms with van der Waals surface area (Å²) in [5.74, 6) is -0.496. The van der Waals surface area contributed by atoms with Crippen molar-refractivity contribution in [3.63, 3.8) is 0 Å². The molecule has 0 bridgehead atoms. The molecule has 1 saturated carbocycles. The molecular formula is C46H83O12P. The first-order valence-electron chi connectivity index (χ1n) is 23.0. The van der Waals surface area contributed by atoms with E-state index < -0.39 is 63.1 Å². The van der Waals surface area contributed by atoms with Crippen molar-refractivity contribution in [3.8, 4) is 0 Å². The highest BCUT2D eigenvalue weighted by Gasteiger charge is 2.51. The Hall–Kier alpha value is -1.70. The summed E-state index contributed by atoms with van der Waals surface area (Å²) in [6.45, 7) is 4.17. The van der Waals surface area contributed by atoms with Crippen LogP contribution in [0.1, 0.15) is 174 Å². The molecule has 0 aromatic heterocycles. The van der Waals surface area contributed by atoms with Crippen molar-refractivity contribution in [2.75, 3.05) is 19.8 Å². The molecule has 1 fully saturated rings. The number of hydrogen-bond donors (Lipinski definition) is 6. The van der Waals surface area contributed by atoms with Gasteiger partial charge in [0.25, 0.3) is 0 Å². The maximum absolute atomic E-state index is 12.8. The second kappa shape index (κ2) is 36.9. The van der Waals surface area contributed by atoms with Crippen LogP contribution in [0, 0.1) is 0 Å². The van der Waals surface area contributed by atoms with Gasteiger partial charge in [0, 0.05) is 13.0 Å². The number of carbonyl (C=O) groups is 1.